The summed E-state index contributed by atoms with van der Waals surface area (Å²) in [6.07, 6.45) is 7.39. The maximum atomic E-state index is 6.17. The molecule has 0 aliphatic carbocycles. The number of para-hydroxylation sites is 1. The highest BCUT2D eigenvalue weighted by Gasteiger charge is 2.19. The highest BCUT2D eigenvalue weighted by atomic mass is 16.7. The van der Waals surface area contributed by atoms with Gasteiger partial charge in [-0.05, 0) is 106 Å². The van der Waals surface area contributed by atoms with E-state index >= 15 is 0 Å². The second-order valence-electron chi connectivity index (χ2n) is 11.4. The van der Waals surface area contributed by atoms with Crippen LogP contribution in [-0.2, 0) is 0 Å². The maximum absolute atomic E-state index is 6.17. The third-order valence-corrected chi connectivity index (χ3v) is 8.65. The standard InChI is InChI=1S/C41H26N2O3/c1-2-8-39-34(7-1)35-12-9-28(22-41(35)46-39)27-10-13-36-37-20-26(11-14-38(37)44-25-45-40(36)21-27)31-17-32(29-5-3-15-42-23-29)19-33(18-31)30-6-4-16-43-24-30/h1-24H,25H2. The van der Waals surface area contributed by atoms with Gasteiger partial charge in [0.1, 0.15) is 22.7 Å². The summed E-state index contributed by atoms with van der Waals surface area (Å²) in [4.78, 5) is 8.73. The molecule has 0 saturated heterocycles. The Balaban J connectivity index is 1.14. The van der Waals surface area contributed by atoms with E-state index in [2.05, 4.69) is 94.9 Å². The SMILES string of the molecule is c1cncc(-c2cc(-c3cccnc3)cc(-c3ccc4c(c3)-c3ccc(-c5ccc6c(c5)oc5ccccc56)cc3OCO4)c2)c1. The Morgan fingerprint density at radius 1 is 0.413 bits per heavy atom. The molecule has 0 bridgehead atoms. The fraction of sp³-hybridized carbons (Fsp3) is 0.0244. The smallest absolute Gasteiger partial charge is 0.230 e. The Morgan fingerprint density at radius 2 is 1.04 bits per heavy atom. The minimum Gasteiger partial charge on any atom is -0.457 e. The second kappa shape index (κ2) is 10.8. The van der Waals surface area contributed by atoms with Gasteiger partial charge >= 0.3 is 0 Å². The van der Waals surface area contributed by atoms with Crippen LogP contribution in [0.1, 0.15) is 0 Å². The van der Waals surface area contributed by atoms with Crippen molar-refractivity contribution in [2.24, 2.45) is 0 Å². The lowest BCUT2D eigenvalue weighted by atomic mass is 9.92. The van der Waals surface area contributed by atoms with Gasteiger partial charge in [-0.1, -0.05) is 48.5 Å². The molecule has 9 rings (SSSR count). The average Bonchev–Trinajstić information content (AvgIpc) is 3.40. The zero-order valence-electron chi connectivity index (χ0n) is 24.7. The lowest BCUT2D eigenvalue weighted by Gasteiger charge is -2.14. The molecule has 1 aliphatic heterocycles. The van der Waals surface area contributed by atoms with Crippen LogP contribution in [0.4, 0.5) is 0 Å². The van der Waals surface area contributed by atoms with Crippen molar-refractivity contribution in [2.45, 2.75) is 0 Å². The molecule has 1 aliphatic rings. The van der Waals surface area contributed by atoms with Crippen molar-refractivity contribution in [3.63, 3.8) is 0 Å². The van der Waals surface area contributed by atoms with E-state index in [9.17, 15) is 0 Å². The monoisotopic (exact) mass is 594 g/mol. The van der Waals surface area contributed by atoms with Gasteiger partial charge in [0.05, 0.1) is 0 Å². The summed E-state index contributed by atoms with van der Waals surface area (Å²) in [6, 6.07) is 41.9. The molecule has 218 valence electrons. The van der Waals surface area contributed by atoms with Gasteiger partial charge in [0, 0.05) is 57.8 Å². The van der Waals surface area contributed by atoms with Crippen LogP contribution in [0.3, 0.4) is 0 Å². The summed E-state index contributed by atoms with van der Waals surface area (Å²) in [6.45, 7) is 0.132. The molecule has 5 heteroatoms. The lowest BCUT2D eigenvalue weighted by molar-refractivity contribution is 0.125. The molecule has 0 saturated carbocycles. The first-order chi connectivity index (χ1) is 22.8. The van der Waals surface area contributed by atoms with Gasteiger partial charge in [-0.15, -0.1) is 0 Å². The summed E-state index contributed by atoms with van der Waals surface area (Å²) in [7, 11) is 0. The largest absolute Gasteiger partial charge is 0.457 e. The summed E-state index contributed by atoms with van der Waals surface area (Å²) < 4.78 is 18.4. The number of aromatic nitrogens is 2. The van der Waals surface area contributed by atoms with E-state index in [1.807, 2.05) is 48.8 Å². The molecule has 46 heavy (non-hydrogen) atoms. The molecule has 5 aromatic carbocycles. The highest BCUT2D eigenvalue weighted by Crippen LogP contribution is 2.44. The molecular weight excluding hydrogens is 568 g/mol. The Kier molecular flexibility index (Phi) is 6.13. The topological polar surface area (TPSA) is 57.4 Å². The molecule has 0 spiro atoms. The molecule has 0 amide bonds. The predicted molar refractivity (Wildman–Crippen MR) is 183 cm³/mol. The zero-order valence-corrected chi connectivity index (χ0v) is 24.7. The first-order valence-corrected chi connectivity index (χ1v) is 15.2. The third-order valence-electron chi connectivity index (χ3n) is 8.65. The number of rotatable bonds is 4. The van der Waals surface area contributed by atoms with E-state index in [1.54, 1.807) is 12.4 Å². The van der Waals surface area contributed by atoms with Crippen molar-refractivity contribution in [1.29, 1.82) is 0 Å². The first-order valence-electron chi connectivity index (χ1n) is 15.2. The summed E-state index contributed by atoms with van der Waals surface area (Å²) in [5.74, 6) is 1.56. The average molecular weight is 595 g/mol. The number of benzene rings is 5. The Hall–Kier alpha value is -6.20. The summed E-state index contributed by atoms with van der Waals surface area (Å²) in [5.41, 5.74) is 12.3. The predicted octanol–water partition coefficient (Wildman–Crippen LogP) is 10.4. The van der Waals surface area contributed by atoms with Crippen molar-refractivity contribution < 1.29 is 13.9 Å². The molecular formula is C41H26N2O3. The number of nitrogens with zero attached hydrogens (tertiary/aromatic N) is 2. The number of hydrogen-bond donors (Lipinski definition) is 0. The van der Waals surface area contributed by atoms with Crippen molar-refractivity contribution in [3.8, 4) is 67.1 Å². The van der Waals surface area contributed by atoms with Crippen LogP contribution in [0, 0.1) is 0 Å². The van der Waals surface area contributed by atoms with Gasteiger partial charge in [-0.2, -0.15) is 0 Å². The molecule has 3 aromatic heterocycles. The van der Waals surface area contributed by atoms with Crippen LogP contribution in [-0.4, -0.2) is 16.8 Å². The van der Waals surface area contributed by atoms with E-state index in [-0.39, 0.29) is 6.79 Å². The Morgan fingerprint density at radius 3 is 1.80 bits per heavy atom. The van der Waals surface area contributed by atoms with E-state index in [0.29, 0.717) is 0 Å². The van der Waals surface area contributed by atoms with Gasteiger partial charge in [-0.25, -0.2) is 0 Å². The molecule has 0 fully saturated rings. The van der Waals surface area contributed by atoms with Gasteiger partial charge in [0.2, 0.25) is 6.79 Å². The van der Waals surface area contributed by atoms with Crippen molar-refractivity contribution in [3.05, 3.63) is 146 Å². The first kappa shape index (κ1) is 26.2. The Labute approximate surface area is 265 Å². The number of pyridine rings is 2. The molecule has 8 aromatic rings. The van der Waals surface area contributed by atoms with Crippen LogP contribution in [0.15, 0.2) is 151 Å². The van der Waals surface area contributed by atoms with Crippen molar-refractivity contribution in [2.75, 3.05) is 6.79 Å². The molecule has 0 unspecified atom stereocenters. The van der Waals surface area contributed by atoms with Crippen LogP contribution in [0.2, 0.25) is 0 Å². The zero-order chi connectivity index (χ0) is 30.5. The van der Waals surface area contributed by atoms with Crippen LogP contribution in [0.5, 0.6) is 11.5 Å². The fourth-order valence-corrected chi connectivity index (χ4v) is 6.35. The summed E-state index contributed by atoms with van der Waals surface area (Å²) in [5, 5.41) is 2.23. The van der Waals surface area contributed by atoms with Crippen LogP contribution < -0.4 is 9.47 Å². The molecule has 0 radical (unpaired) electrons. The number of ether oxygens (including phenoxy) is 2. The fourth-order valence-electron chi connectivity index (χ4n) is 6.35. The van der Waals surface area contributed by atoms with Crippen molar-refractivity contribution in [1.82, 2.24) is 9.97 Å². The van der Waals surface area contributed by atoms with Crippen molar-refractivity contribution >= 4 is 21.9 Å². The second-order valence-corrected chi connectivity index (χ2v) is 11.4. The van der Waals surface area contributed by atoms with E-state index in [0.717, 1.165) is 89.1 Å². The minimum absolute atomic E-state index is 0.132. The molecule has 0 atom stereocenters. The van der Waals surface area contributed by atoms with E-state index in [4.69, 9.17) is 13.9 Å². The number of furan rings is 1. The maximum Gasteiger partial charge on any atom is 0.230 e. The van der Waals surface area contributed by atoms with Crippen LogP contribution in [0.25, 0.3) is 77.6 Å². The van der Waals surface area contributed by atoms with Gasteiger partial charge in [-0.3, -0.25) is 9.97 Å². The van der Waals surface area contributed by atoms with Gasteiger partial charge < -0.3 is 13.9 Å². The Bertz CT molecular complexity index is 2340. The number of hydrogen-bond acceptors (Lipinski definition) is 5. The minimum atomic E-state index is 0.132. The molecule has 0 N–H and O–H groups in total. The normalized spacial score (nSPS) is 12.2. The molecule has 5 nitrogen and oxygen atoms in total. The van der Waals surface area contributed by atoms with Crippen LogP contribution >= 0.6 is 0 Å². The summed E-state index contributed by atoms with van der Waals surface area (Å²) >= 11 is 0. The van der Waals surface area contributed by atoms with E-state index < -0.39 is 0 Å². The molecule has 4 heterocycles. The van der Waals surface area contributed by atoms with E-state index in [1.165, 1.54) is 0 Å². The van der Waals surface area contributed by atoms with Gasteiger partial charge in [0.25, 0.3) is 0 Å². The number of fused-ring (bicyclic) bond motifs is 6. The highest BCUT2D eigenvalue weighted by molar-refractivity contribution is 6.06. The lowest BCUT2D eigenvalue weighted by Crippen LogP contribution is -2.03. The third kappa shape index (κ3) is 4.57. The van der Waals surface area contributed by atoms with Gasteiger partial charge in [0.15, 0.2) is 0 Å². The quantitative estimate of drug-likeness (QED) is 0.203.